The Hall–Kier alpha value is -2.31. The Labute approximate surface area is 185 Å². The standard InChI is InChI=1S/C25H31N3O2S/c1-18-7-6-10-25(19(18)2)27-13-15-28(16-14-27)31(29,30)20-11-12-24-22(17-20)21-8-4-3-5-9-23(21)26-24/h6-7,10-12,17,26H,3-5,8-9,13-16H2,1-2H3. The predicted molar refractivity (Wildman–Crippen MR) is 126 cm³/mol. The van der Waals surface area contributed by atoms with Crippen molar-refractivity contribution in [3.63, 3.8) is 0 Å². The zero-order chi connectivity index (χ0) is 21.6. The number of anilines is 1. The number of benzene rings is 2. The molecular formula is C25H31N3O2S. The summed E-state index contributed by atoms with van der Waals surface area (Å²) < 4.78 is 28.6. The average molecular weight is 438 g/mol. The van der Waals surface area contributed by atoms with E-state index >= 15 is 0 Å². The van der Waals surface area contributed by atoms with E-state index in [-0.39, 0.29) is 0 Å². The Morgan fingerprint density at radius 1 is 0.903 bits per heavy atom. The van der Waals surface area contributed by atoms with Gasteiger partial charge in [-0.25, -0.2) is 8.42 Å². The third-order valence-electron chi connectivity index (χ3n) is 7.11. The first kappa shape index (κ1) is 20.6. The molecule has 0 bridgehead atoms. The largest absolute Gasteiger partial charge is 0.369 e. The third-order valence-corrected chi connectivity index (χ3v) is 9.01. The molecule has 0 radical (unpaired) electrons. The van der Waals surface area contributed by atoms with E-state index < -0.39 is 10.0 Å². The maximum Gasteiger partial charge on any atom is 0.243 e. The van der Waals surface area contributed by atoms with E-state index in [9.17, 15) is 8.42 Å². The molecule has 31 heavy (non-hydrogen) atoms. The highest BCUT2D eigenvalue weighted by molar-refractivity contribution is 7.89. The van der Waals surface area contributed by atoms with Crippen LogP contribution in [0, 0.1) is 13.8 Å². The molecule has 2 aliphatic rings. The molecule has 1 aromatic heterocycles. The quantitative estimate of drug-likeness (QED) is 0.611. The zero-order valence-corrected chi connectivity index (χ0v) is 19.3. The molecule has 6 heteroatoms. The summed E-state index contributed by atoms with van der Waals surface area (Å²) in [5, 5.41) is 1.09. The van der Waals surface area contributed by atoms with Crippen molar-refractivity contribution in [2.24, 2.45) is 0 Å². The van der Waals surface area contributed by atoms with Gasteiger partial charge < -0.3 is 9.88 Å². The first-order valence-electron chi connectivity index (χ1n) is 11.4. The lowest BCUT2D eigenvalue weighted by atomic mass is 10.1. The summed E-state index contributed by atoms with van der Waals surface area (Å²) in [6, 6.07) is 12.0. The van der Waals surface area contributed by atoms with E-state index in [1.807, 2.05) is 12.1 Å². The van der Waals surface area contributed by atoms with Crippen LogP contribution in [0.5, 0.6) is 0 Å². The van der Waals surface area contributed by atoms with Gasteiger partial charge in [0.25, 0.3) is 0 Å². The number of hydrogen-bond donors (Lipinski definition) is 1. The van der Waals surface area contributed by atoms with Crippen LogP contribution >= 0.6 is 0 Å². The maximum absolute atomic E-state index is 13.5. The minimum Gasteiger partial charge on any atom is -0.369 e. The first-order chi connectivity index (χ1) is 14.9. The molecular weight excluding hydrogens is 406 g/mol. The summed E-state index contributed by atoms with van der Waals surface area (Å²) in [6.45, 7) is 6.72. The third kappa shape index (κ3) is 3.66. The normalized spacial score (nSPS) is 18.2. The molecule has 0 spiro atoms. The summed E-state index contributed by atoms with van der Waals surface area (Å²) >= 11 is 0. The monoisotopic (exact) mass is 437 g/mol. The lowest BCUT2D eigenvalue weighted by molar-refractivity contribution is 0.385. The predicted octanol–water partition coefficient (Wildman–Crippen LogP) is 4.56. The minimum absolute atomic E-state index is 0.422. The van der Waals surface area contributed by atoms with Crippen molar-refractivity contribution in [3.05, 3.63) is 58.8 Å². The van der Waals surface area contributed by atoms with Crippen molar-refractivity contribution >= 4 is 26.6 Å². The smallest absolute Gasteiger partial charge is 0.243 e. The van der Waals surface area contributed by atoms with Crippen molar-refractivity contribution < 1.29 is 8.42 Å². The molecule has 1 fully saturated rings. The number of nitrogens with one attached hydrogen (secondary N) is 1. The number of rotatable bonds is 3. The number of aromatic amines is 1. The molecule has 1 N–H and O–H groups in total. The van der Waals surface area contributed by atoms with Crippen LogP contribution in [0.2, 0.25) is 0 Å². The Morgan fingerprint density at radius 2 is 1.68 bits per heavy atom. The fourth-order valence-electron chi connectivity index (χ4n) is 5.12. The molecule has 5 nitrogen and oxygen atoms in total. The van der Waals surface area contributed by atoms with Crippen LogP contribution in [-0.4, -0.2) is 43.9 Å². The van der Waals surface area contributed by atoms with Gasteiger partial charge in [-0.05, 0) is 80.5 Å². The molecule has 2 aromatic carbocycles. The molecule has 5 rings (SSSR count). The zero-order valence-electron chi connectivity index (χ0n) is 18.4. The van der Waals surface area contributed by atoms with Gasteiger partial charge in [-0.2, -0.15) is 4.31 Å². The van der Waals surface area contributed by atoms with E-state index in [0.29, 0.717) is 31.1 Å². The van der Waals surface area contributed by atoms with Gasteiger partial charge >= 0.3 is 0 Å². The van der Waals surface area contributed by atoms with E-state index in [1.54, 1.807) is 10.4 Å². The minimum atomic E-state index is -3.50. The lowest BCUT2D eigenvalue weighted by Gasteiger charge is -2.36. The fraction of sp³-hybridized carbons (Fsp3) is 0.440. The second kappa shape index (κ2) is 7.99. The van der Waals surface area contributed by atoms with Crippen LogP contribution < -0.4 is 4.90 Å². The second-order valence-electron chi connectivity index (χ2n) is 8.96. The van der Waals surface area contributed by atoms with Gasteiger partial charge in [-0.3, -0.25) is 0 Å². The van der Waals surface area contributed by atoms with Crippen LogP contribution in [0.4, 0.5) is 5.69 Å². The van der Waals surface area contributed by atoms with Gasteiger partial charge in [0.05, 0.1) is 4.90 Å². The Morgan fingerprint density at radius 3 is 2.48 bits per heavy atom. The fourth-order valence-corrected chi connectivity index (χ4v) is 6.57. The number of fused-ring (bicyclic) bond motifs is 3. The van der Waals surface area contributed by atoms with Crippen molar-refractivity contribution in [3.8, 4) is 0 Å². The van der Waals surface area contributed by atoms with Crippen LogP contribution in [0.1, 0.15) is 41.6 Å². The molecule has 0 amide bonds. The van der Waals surface area contributed by atoms with Crippen LogP contribution in [0.25, 0.3) is 10.9 Å². The molecule has 164 valence electrons. The molecule has 0 atom stereocenters. The van der Waals surface area contributed by atoms with Gasteiger partial charge in [0, 0.05) is 48.5 Å². The van der Waals surface area contributed by atoms with Gasteiger partial charge in [0.15, 0.2) is 0 Å². The van der Waals surface area contributed by atoms with E-state index in [2.05, 4.69) is 41.9 Å². The van der Waals surface area contributed by atoms with Crippen LogP contribution in [0.3, 0.4) is 0 Å². The second-order valence-corrected chi connectivity index (χ2v) is 10.9. The van der Waals surface area contributed by atoms with Gasteiger partial charge in [0.1, 0.15) is 0 Å². The van der Waals surface area contributed by atoms with Crippen LogP contribution in [-0.2, 0) is 22.9 Å². The van der Waals surface area contributed by atoms with Gasteiger partial charge in [-0.1, -0.05) is 18.6 Å². The first-order valence-corrected chi connectivity index (χ1v) is 12.8. The average Bonchev–Trinajstić information content (AvgIpc) is 2.95. The van der Waals surface area contributed by atoms with Crippen molar-refractivity contribution in [1.82, 2.24) is 9.29 Å². The van der Waals surface area contributed by atoms with Gasteiger partial charge in [-0.15, -0.1) is 0 Å². The summed E-state index contributed by atoms with van der Waals surface area (Å²) in [4.78, 5) is 6.26. The van der Waals surface area contributed by atoms with Crippen molar-refractivity contribution in [2.75, 3.05) is 31.1 Å². The summed E-state index contributed by atoms with van der Waals surface area (Å²) in [7, 11) is -3.50. The number of piperazine rings is 1. The van der Waals surface area contributed by atoms with E-state index in [1.165, 1.54) is 47.3 Å². The number of aryl methyl sites for hydroxylation is 3. The van der Waals surface area contributed by atoms with E-state index in [0.717, 1.165) is 23.7 Å². The Balaban J connectivity index is 1.39. The summed E-state index contributed by atoms with van der Waals surface area (Å²) in [5.74, 6) is 0. The SMILES string of the molecule is Cc1cccc(N2CCN(S(=O)(=O)c3ccc4[nH]c5c(c4c3)CCCCC5)CC2)c1C. The summed E-state index contributed by atoms with van der Waals surface area (Å²) in [5.41, 5.74) is 7.44. The summed E-state index contributed by atoms with van der Waals surface area (Å²) in [6.07, 6.45) is 5.72. The maximum atomic E-state index is 13.5. The Kier molecular flexibility index (Phi) is 5.30. The number of H-pyrrole nitrogens is 1. The van der Waals surface area contributed by atoms with Crippen LogP contribution in [0.15, 0.2) is 41.3 Å². The highest BCUT2D eigenvalue weighted by Gasteiger charge is 2.29. The molecule has 0 saturated carbocycles. The topological polar surface area (TPSA) is 56.4 Å². The molecule has 2 heterocycles. The Bertz CT molecular complexity index is 1220. The molecule has 1 saturated heterocycles. The lowest BCUT2D eigenvalue weighted by Crippen LogP contribution is -2.48. The van der Waals surface area contributed by atoms with Gasteiger partial charge in [0.2, 0.25) is 10.0 Å². The molecule has 3 aromatic rings. The number of hydrogen-bond acceptors (Lipinski definition) is 3. The van der Waals surface area contributed by atoms with Crippen molar-refractivity contribution in [2.45, 2.75) is 50.8 Å². The van der Waals surface area contributed by atoms with E-state index in [4.69, 9.17) is 0 Å². The highest BCUT2D eigenvalue weighted by Crippen LogP contribution is 2.31. The number of aromatic nitrogens is 1. The molecule has 1 aliphatic heterocycles. The number of nitrogens with zero attached hydrogens (tertiary/aromatic N) is 2. The molecule has 1 aliphatic carbocycles. The molecule has 0 unspecified atom stereocenters. The highest BCUT2D eigenvalue weighted by atomic mass is 32.2. The van der Waals surface area contributed by atoms with Crippen molar-refractivity contribution in [1.29, 1.82) is 0 Å². The number of sulfonamides is 1.